The number of hydrogen-bond acceptors (Lipinski definition) is 3. The van der Waals surface area contributed by atoms with Crippen LogP contribution in [-0.2, 0) is 9.53 Å². The molecule has 0 bridgehead atoms. The molecule has 1 N–H and O–H groups in total. The molecular weight excluding hydrogens is 348 g/mol. The van der Waals surface area contributed by atoms with E-state index in [1.807, 2.05) is 0 Å². The maximum absolute atomic E-state index is 11.6. The topological polar surface area (TPSA) is 46.5 Å². The maximum Gasteiger partial charge on any atom is 0.305 e. The fourth-order valence-electron chi connectivity index (χ4n) is 8.86. The summed E-state index contributed by atoms with van der Waals surface area (Å²) in [5, 5.41) is 10.2. The number of ether oxygens (including phenoxy) is 1. The fraction of sp³-hybridized carbons (Fsp3) is 0.960. The number of aliphatic hydroxyl groups excluding tert-OH is 1. The normalized spacial score (nSPS) is 48.9. The number of hydrogen-bond donors (Lipinski definition) is 1. The number of rotatable bonds is 4. The molecule has 0 saturated heterocycles. The Balaban J connectivity index is 1.48. The zero-order valence-electron chi connectivity index (χ0n) is 18.6. The van der Waals surface area contributed by atoms with Gasteiger partial charge in [-0.1, -0.05) is 20.8 Å². The van der Waals surface area contributed by atoms with E-state index in [0.29, 0.717) is 23.2 Å². The van der Waals surface area contributed by atoms with Crippen molar-refractivity contribution >= 4 is 5.97 Å². The Bertz CT molecular complexity index is 588. The lowest BCUT2D eigenvalue weighted by molar-refractivity contribution is -0.141. The van der Waals surface area contributed by atoms with Gasteiger partial charge < -0.3 is 9.84 Å². The van der Waals surface area contributed by atoms with E-state index in [0.717, 1.165) is 48.9 Å². The van der Waals surface area contributed by atoms with Crippen molar-refractivity contribution in [1.29, 1.82) is 0 Å². The van der Waals surface area contributed by atoms with Crippen molar-refractivity contribution in [3.8, 4) is 0 Å². The fourth-order valence-corrected chi connectivity index (χ4v) is 8.86. The highest BCUT2D eigenvalue weighted by molar-refractivity contribution is 5.69. The molecule has 0 aliphatic heterocycles. The summed E-state index contributed by atoms with van der Waals surface area (Å²) >= 11 is 0. The van der Waals surface area contributed by atoms with Gasteiger partial charge in [-0.25, -0.2) is 0 Å². The molecule has 0 aromatic heterocycles. The van der Waals surface area contributed by atoms with E-state index < -0.39 is 0 Å². The molecule has 0 aromatic rings. The lowest BCUT2D eigenvalue weighted by Gasteiger charge is -2.61. The molecule has 4 saturated carbocycles. The Hall–Kier alpha value is -0.570. The van der Waals surface area contributed by atoms with Crippen LogP contribution in [0.5, 0.6) is 0 Å². The molecule has 3 nitrogen and oxygen atoms in total. The van der Waals surface area contributed by atoms with E-state index in [9.17, 15) is 9.90 Å². The highest BCUT2D eigenvalue weighted by Crippen LogP contribution is 2.68. The van der Waals surface area contributed by atoms with Gasteiger partial charge in [0.2, 0.25) is 0 Å². The number of aliphatic hydroxyl groups is 1. The van der Waals surface area contributed by atoms with Gasteiger partial charge in [-0.05, 0) is 111 Å². The molecule has 0 aromatic carbocycles. The minimum absolute atomic E-state index is 0.0463. The quantitative estimate of drug-likeness (QED) is 0.636. The van der Waals surface area contributed by atoms with Gasteiger partial charge in [-0.2, -0.15) is 0 Å². The monoisotopic (exact) mass is 390 g/mol. The third-order valence-corrected chi connectivity index (χ3v) is 10.4. The Morgan fingerprint density at radius 2 is 1.75 bits per heavy atom. The van der Waals surface area contributed by atoms with Crippen LogP contribution in [0.4, 0.5) is 0 Å². The first kappa shape index (κ1) is 20.7. The average molecular weight is 391 g/mol. The van der Waals surface area contributed by atoms with Gasteiger partial charge in [0.25, 0.3) is 0 Å². The number of methoxy groups -OCH3 is 1. The average Bonchev–Trinajstić information content (AvgIpc) is 3.03. The standard InChI is InChI=1S/C25H42O3/c1-16(5-10-23(27)28-4)20-8-9-21-19-7-6-17-15-18(26)11-13-24(17,2)22(19)12-14-25(20,21)3/h16-22,26H,5-15H2,1-4H3/t16-,17-,18-,19+,20-,21+,22+,24-,25+/m0/s1. The number of fused-ring (bicyclic) bond motifs is 5. The molecule has 0 unspecified atom stereocenters. The van der Waals surface area contributed by atoms with E-state index in [1.165, 1.54) is 52.1 Å². The van der Waals surface area contributed by atoms with E-state index in [1.54, 1.807) is 0 Å². The van der Waals surface area contributed by atoms with Crippen LogP contribution < -0.4 is 0 Å². The molecule has 0 amide bonds. The summed E-state index contributed by atoms with van der Waals surface area (Å²) in [7, 11) is 1.50. The molecule has 3 heteroatoms. The molecule has 28 heavy (non-hydrogen) atoms. The Morgan fingerprint density at radius 1 is 1.04 bits per heavy atom. The van der Waals surface area contributed by atoms with Gasteiger partial charge >= 0.3 is 5.97 Å². The third kappa shape index (κ3) is 3.24. The second-order valence-electron chi connectivity index (χ2n) is 11.4. The molecule has 4 fully saturated rings. The van der Waals surface area contributed by atoms with Crippen molar-refractivity contribution in [3.63, 3.8) is 0 Å². The molecule has 0 spiro atoms. The molecule has 0 radical (unpaired) electrons. The van der Waals surface area contributed by atoms with Crippen molar-refractivity contribution < 1.29 is 14.6 Å². The van der Waals surface area contributed by atoms with Crippen LogP contribution in [0.25, 0.3) is 0 Å². The molecule has 0 heterocycles. The first-order valence-corrected chi connectivity index (χ1v) is 12.0. The molecule has 4 aliphatic rings. The predicted octanol–water partition coefficient (Wildman–Crippen LogP) is 5.60. The van der Waals surface area contributed by atoms with Gasteiger partial charge in [-0.3, -0.25) is 4.79 Å². The summed E-state index contributed by atoms with van der Waals surface area (Å²) in [6, 6.07) is 0. The van der Waals surface area contributed by atoms with Gasteiger partial charge in [0.1, 0.15) is 0 Å². The Kier molecular flexibility index (Phi) is 5.61. The van der Waals surface area contributed by atoms with E-state index in [2.05, 4.69) is 20.8 Å². The van der Waals surface area contributed by atoms with E-state index in [4.69, 9.17) is 4.74 Å². The van der Waals surface area contributed by atoms with Crippen molar-refractivity contribution in [2.75, 3.05) is 7.11 Å². The first-order chi connectivity index (χ1) is 13.3. The Labute approximate surface area is 172 Å². The zero-order valence-corrected chi connectivity index (χ0v) is 18.6. The van der Waals surface area contributed by atoms with E-state index >= 15 is 0 Å². The van der Waals surface area contributed by atoms with Gasteiger partial charge in [0.05, 0.1) is 13.2 Å². The summed E-state index contributed by atoms with van der Waals surface area (Å²) in [4.78, 5) is 11.6. The second-order valence-corrected chi connectivity index (χ2v) is 11.4. The predicted molar refractivity (Wildman–Crippen MR) is 112 cm³/mol. The number of esters is 1. The minimum Gasteiger partial charge on any atom is -0.469 e. The van der Waals surface area contributed by atoms with Crippen molar-refractivity contribution in [2.45, 2.75) is 97.5 Å². The van der Waals surface area contributed by atoms with Crippen molar-refractivity contribution in [2.24, 2.45) is 46.3 Å². The van der Waals surface area contributed by atoms with Gasteiger partial charge in [0, 0.05) is 6.42 Å². The molecular formula is C25H42O3. The van der Waals surface area contributed by atoms with Crippen LogP contribution in [0.2, 0.25) is 0 Å². The lowest BCUT2D eigenvalue weighted by atomic mass is 9.44. The summed E-state index contributed by atoms with van der Waals surface area (Å²) in [5.41, 5.74) is 0.937. The number of carbonyl (C=O) groups excluding carboxylic acids is 1. The number of carbonyl (C=O) groups is 1. The van der Waals surface area contributed by atoms with Crippen LogP contribution in [0.1, 0.15) is 91.4 Å². The van der Waals surface area contributed by atoms with Crippen LogP contribution in [0, 0.1) is 46.3 Å². The van der Waals surface area contributed by atoms with Crippen LogP contribution >= 0.6 is 0 Å². The van der Waals surface area contributed by atoms with Crippen LogP contribution in [0.15, 0.2) is 0 Å². The van der Waals surface area contributed by atoms with Crippen molar-refractivity contribution in [3.05, 3.63) is 0 Å². The summed E-state index contributed by atoms with van der Waals surface area (Å²) < 4.78 is 4.88. The SMILES string of the molecule is COC(=O)CC[C@H](C)[C@@H]1CC[C@@H]2[C@H]3CC[C@H]4C[C@@H](O)CC[C@]4(C)[C@@H]3CC[C@@]21C. The first-order valence-electron chi connectivity index (χ1n) is 12.0. The zero-order chi connectivity index (χ0) is 20.1. The van der Waals surface area contributed by atoms with Gasteiger partial charge in [0.15, 0.2) is 0 Å². The molecule has 9 atom stereocenters. The molecule has 4 rings (SSSR count). The van der Waals surface area contributed by atoms with Crippen LogP contribution in [-0.4, -0.2) is 24.3 Å². The highest BCUT2D eigenvalue weighted by Gasteiger charge is 2.60. The summed E-state index contributed by atoms with van der Waals surface area (Å²) in [6.45, 7) is 7.56. The third-order valence-electron chi connectivity index (χ3n) is 10.4. The largest absolute Gasteiger partial charge is 0.469 e. The van der Waals surface area contributed by atoms with E-state index in [-0.39, 0.29) is 12.1 Å². The molecule has 4 aliphatic carbocycles. The Morgan fingerprint density at radius 3 is 2.50 bits per heavy atom. The summed E-state index contributed by atoms with van der Waals surface area (Å²) in [5.74, 6) is 4.72. The minimum atomic E-state index is -0.0546. The lowest BCUT2D eigenvalue weighted by Crippen LogP contribution is -2.54. The maximum atomic E-state index is 11.6. The second kappa shape index (κ2) is 7.60. The summed E-state index contributed by atoms with van der Waals surface area (Å²) in [6.07, 6.45) is 13.1. The van der Waals surface area contributed by atoms with Gasteiger partial charge in [-0.15, -0.1) is 0 Å². The van der Waals surface area contributed by atoms with Crippen molar-refractivity contribution in [1.82, 2.24) is 0 Å². The molecule has 160 valence electrons. The van der Waals surface area contributed by atoms with Crippen LogP contribution in [0.3, 0.4) is 0 Å². The smallest absolute Gasteiger partial charge is 0.305 e. The highest BCUT2D eigenvalue weighted by atomic mass is 16.5.